The van der Waals surface area contributed by atoms with Crippen LogP contribution >= 0.6 is 0 Å². The lowest BCUT2D eigenvalue weighted by molar-refractivity contribution is -0.106. The van der Waals surface area contributed by atoms with E-state index < -0.39 is 13.0 Å². The van der Waals surface area contributed by atoms with E-state index in [9.17, 15) is 8.78 Å². The normalized spacial score (nSPS) is 14.8. The maximum absolute atomic E-state index is 11.9. The predicted molar refractivity (Wildman–Crippen MR) is 53.5 cm³/mol. The van der Waals surface area contributed by atoms with E-state index >= 15 is 0 Å². The number of rotatable bonds is 6. The van der Waals surface area contributed by atoms with Crippen LogP contribution in [0.1, 0.15) is 34.6 Å². The van der Waals surface area contributed by atoms with Gasteiger partial charge >= 0.3 is 0 Å². The molecule has 1 unspecified atom stereocenters. The molecule has 2 nitrogen and oxygen atoms in total. The minimum absolute atomic E-state index is 0.260. The van der Waals surface area contributed by atoms with E-state index in [4.69, 9.17) is 4.74 Å². The Balaban J connectivity index is 4.09. The molecular formula is C10H21F2NO. The molecule has 0 aliphatic carbocycles. The van der Waals surface area contributed by atoms with Crippen molar-refractivity contribution in [3.63, 3.8) is 0 Å². The summed E-state index contributed by atoms with van der Waals surface area (Å²) in [4.78, 5) is 2.06. The first kappa shape index (κ1) is 13.8. The van der Waals surface area contributed by atoms with E-state index in [0.717, 1.165) is 0 Å². The summed E-state index contributed by atoms with van der Waals surface area (Å²) in [6.07, 6.45) is -2.65. The molecule has 0 bridgehead atoms. The van der Waals surface area contributed by atoms with Gasteiger partial charge in [0.1, 0.15) is 12.8 Å². The fourth-order valence-electron chi connectivity index (χ4n) is 1.73. The van der Waals surface area contributed by atoms with Crippen molar-refractivity contribution in [2.45, 2.75) is 59.4 Å². The molecule has 0 N–H and O–H groups in total. The molecular weight excluding hydrogens is 188 g/mol. The molecule has 0 saturated heterocycles. The second-order valence-corrected chi connectivity index (χ2v) is 3.96. The van der Waals surface area contributed by atoms with Crippen molar-refractivity contribution in [1.29, 1.82) is 0 Å². The van der Waals surface area contributed by atoms with Crippen LogP contribution in [0.15, 0.2) is 0 Å². The molecule has 0 aliphatic rings. The van der Waals surface area contributed by atoms with Gasteiger partial charge in [-0.1, -0.05) is 0 Å². The van der Waals surface area contributed by atoms with Gasteiger partial charge in [0.05, 0.1) is 0 Å². The van der Waals surface area contributed by atoms with Gasteiger partial charge in [-0.2, -0.15) is 0 Å². The standard InChI is InChI=1S/C10H21F2NO/c1-7(2)13(8(3)4)9(5)14-6-10(11)12/h7-10H,6H2,1-5H3. The fourth-order valence-corrected chi connectivity index (χ4v) is 1.73. The highest BCUT2D eigenvalue weighted by molar-refractivity contribution is 4.68. The van der Waals surface area contributed by atoms with Gasteiger partial charge in [-0.05, 0) is 34.6 Å². The lowest BCUT2D eigenvalue weighted by atomic mass is 10.2. The number of hydrogen-bond donors (Lipinski definition) is 0. The van der Waals surface area contributed by atoms with Crippen LogP contribution in [0, 0.1) is 0 Å². The maximum atomic E-state index is 11.9. The first-order valence-electron chi connectivity index (χ1n) is 5.03. The molecule has 0 radical (unpaired) electrons. The highest BCUT2D eigenvalue weighted by Crippen LogP contribution is 2.12. The number of nitrogens with zero attached hydrogens (tertiary/aromatic N) is 1. The zero-order valence-corrected chi connectivity index (χ0v) is 9.63. The van der Waals surface area contributed by atoms with Crippen LogP contribution in [0.3, 0.4) is 0 Å². The number of halogens is 2. The van der Waals surface area contributed by atoms with Crippen LogP contribution < -0.4 is 0 Å². The Labute approximate surface area is 85.2 Å². The summed E-state index contributed by atoms with van der Waals surface area (Å²) in [6.45, 7) is 9.44. The second kappa shape index (κ2) is 6.30. The second-order valence-electron chi connectivity index (χ2n) is 3.96. The molecule has 4 heteroatoms. The quantitative estimate of drug-likeness (QED) is 0.624. The molecule has 0 heterocycles. The van der Waals surface area contributed by atoms with Crippen molar-refractivity contribution < 1.29 is 13.5 Å². The summed E-state index contributed by atoms with van der Waals surface area (Å²) in [6, 6.07) is 0.588. The van der Waals surface area contributed by atoms with Crippen molar-refractivity contribution in [1.82, 2.24) is 4.90 Å². The summed E-state index contributed by atoms with van der Waals surface area (Å²) in [5.41, 5.74) is 0. The molecule has 0 aromatic carbocycles. The van der Waals surface area contributed by atoms with E-state index in [2.05, 4.69) is 4.90 Å². The van der Waals surface area contributed by atoms with Gasteiger partial charge in [0.25, 0.3) is 6.43 Å². The molecule has 14 heavy (non-hydrogen) atoms. The Kier molecular flexibility index (Phi) is 6.20. The van der Waals surface area contributed by atoms with Crippen LogP contribution in [0.25, 0.3) is 0 Å². The average Bonchev–Trinajstić information content (AvgIpc) is 1.99. The molecule has 1 atom stereocenters. The van der Waals surface area contributed by atoms with Gasteiger partial charge in [-0.25, -0.2) is 8.78 Å². The van der Waals surface area contributed by atoms with E-state index in [0.29, 0.717) is 12.1 Å². The molecule has 0 saturated carbocycles. The van der Waals surface area contributed by atoms with Crippen molar-refractivity contribution in [3.8, 4) is 0 Å². The van der Waals surface area contributed by atoms with Crippen LogP contribution in [0.4, 0.5) is 8.78 Å². The van der Waals surface area contributed by atoms with Crippen LogP contribution in [0.2, 0.25) is 0 Å². The van der Waals surface area contributed by atoms with Gasteiger partial charge in [0.2, 0.25) is 0 Å². The third kappa shape index (κ3) is 4.86. The van der Waals surface area contributed by atoms with Gasteiger partial charge in [0.15, 0.2) is 0 Å². The monoisotopic (exact) mass is 209 g/mol. The van der Waals surface area contributed by atoms with E-state index in [1.54, 1.807) is 0 Å². The molecule has 0 aliphatic heterocycles. The fraction of sp³-hybridized carbons (Fsp3) is 1.00. The van der Waals surface area contributed by atoms with E-state index in [1.165, 1.54) is 0 Å². The van der Waals surface area contributed by atoms with Gasteiger partial charge < -0.3 is 4.74 Å². The Morgan fingerprint density at radius 3 is 1.71 bits per heavy atom. The Bertz CT molecular complexity index is 143. The topological polar surface area (TPSA) is 12.5 Å². The average molecular weight is 209 g/mol. The number of hydrogen-bond acceptors (Lipinski definition) is 2. The van der Waals surface area contributed by atoms with Crippen molar-refractivity contribution >= 4 is 0 Å². The van der Waals surface area contributed by atoms with Crippen molar-refractivity contribution in [2.24, 2.45) is 0 Å². The largest absolute Gasteiger partial charge is 0.358 e. The highest BCUT2D eigenvalue weighted by Gasteiger charge is 2.21. The Morgan fingerprint density at radius 2 is 1.43 bits per heavy atom. The van der Waals surface area contributed by atoms with E-state index in [-0.39, 0.29) is 6.23 Å². The van der Waals surface area contributed by atoms with Crippen LogP contribution in [-0.4, -0.2) is 36.2 Å². The smallest absolute Gasteiger partial charge is 0.261 e. The van der Waals surface area contributed by atoms with Crippen molar-refractivity contribution in [2.75, 3.05) is 6.61 Å². The summed E-state index contributed by atoms with van der Waals surface area (Å²) in [7, 11) is 0. The molecule has 0 amide bonds. The third-order valence-electron chi connectivity index (χ3n) is 2.08. The summed E-state index contributed by atoms with van der Waals surface area (Å²) < 4.78 is 28.9. The first-order chi connectivity index (χ1) is 6.36. The van der Waals surface area contributed by atoms with Gasteiger partial charge in [-0.15, -0.1) is 0 Å². The number of ether oxygens (including phenoxy) is 1. The SMILES string of the molecule is CC(C)N(C(C)C)C(C)OCC(F)F. The lowest BCUT2D eigenvalue weighted by Crippen LogP contribution is -2.45. The zero-order chi connectivity index (χ0) is 11.3. The summed E-state index contributed by atoms with van der Waals surface area (Å²) >= 11 is 0. The first-order valence-corrected chi connectivity index (χ1v) is 5.03. The Morgan fingerprint density at radius 1 is 1.00 bits per heavy atom. The molecule has 0 fully saturated rings. The predicted octanol–water partition coefficient (Wildman–Crippen LogP) is 2.73. The molecule has 86 valence electrons. The maximum Gasteiger partial charge on any atom is 0.261 e. The zero-order valence-electron chi connectivity index (χ0n) is 9.63. The number of alkyl halides is 2. The minimum atomic E-state index is -2.39. The minimum Gasteiger partial charge on any atom is -0.358 e. The lowest BCUT2D eigenvalue weighted by Gasteiger charge is -2.35. The summed E-state index contributed by atoms with van der Waals surface area (Å²) in [5.74, 6) is 0. The molecule has 0 rings (SSSR count). The Hall–Kier alpha value is -0.220. The highest BCUT2D eigenvalue weighted by atomic mass is 19.3. The third-order valence-corrected chi connectivity index (χ3v) is 2.08. The molecule has 0 aromatic heterocycles. The van der Waals surface area contributed by atoms with Crippen LogP contribution in [-0.2, 0) is 4.74 Å². The van der Waals surface area contributed by atoms with Gasteiger partial charge in [-0.3, -0.25) is 4.90 Å². The summed E-state index contributed by atoms with van der Waals surface area (Å²) in [5, 5.41) is 0. The van der Waals surface area contributed by atoms with Crippen LogP contribution in [0.5, 0.6) is 0 Å². The van der Waals surface area contributed by atoms with Gasteiger partial charge in [0, 0.05) is 12.1 Å². The molecule has 0 aromatic rings. The van der Waals surface area contributed by atoms with Crippen molar-refractivity contribution in [3.05, 3.63) is 0 Å². The molecule has 0 spiro atoms. The van der Waals surface area contributed by atoms with E-state index in [1.807, 2.05) is 34.6 Å².